The van der Waals surface area contributed by atoms with Crippen LogP contribution in [0.15, 0.2) is 0 Å². The highest BCUT2D eigenvalue weighted by atomic mass is 13.7. The van der Waals surface area contributed by atoms with Crippen molar-refractivity contribution in [2.75, 3.05) is 0 Å². The second kappa shape index (κ2) is 6.12. The Morgan fingerprint density at radius 1 is 1.50 bits per heavy atom. The molecule has 0 aromatic heterocycles. The van der Waals surface area contributed by atoms with E-state index in [1.54, 1.807) is 0 Å². The van der Waals surface area contributed by atoms with Crippen LogP contribution < -0.4 is 0 Å². The van der Waals surface area contributed by atoms with E-state index in [0.717, 1.165) is 0 Å². The van der Waals surface area contributed by atoms with Gasteiger partial charge in [-0.25, -0.2) is 0 Å². The summed E-state index contributed by atoms with van der Waals surface area (Å²) >= 11 is 0. The molecular formula is C8H10. The molecule has 0 spiro atoms. The molecule has 0 aliphatic carbocycles. The summed E-state index contributed by atoms with van der Waals surface area (Å²) < 4.78 is 27.8. The quantitative estimate of drug-likeness (QED) is 0.417. The van der Waals surface area contributed by atoms with E-state index in [0.29, 0.717) is 6.42 Å². The molecule has 0 saturated carbocycles. The van der Waals surface area contributed by atoms with Crippen LogP contribution in [0.2, 0.25) is 0 Å². The van der Waals surface area contributed by atoms with Gasteiger partial charge in [0.05, 0.1) is 9.11 Å². The molecule has 0 fully saturated rings. The number of hydrogen-bond acceptors (Lipinski definition) is 0. The average molecular weight is 110 g/mol. The van der Waals surface area contributed by atoms with Crippen molar-refractivity contribution in [1.29, 1.82) is 0 Å². The van der Waals surface area contributed by atoms with E-state index in [4.69, 9.17) is 5.48 Å². The predicted octanol–water partition coefficient (Wildman–Crippen LogP) is 1.81. The van der Waals surface area contributed by atoms with Crippen LogP contribution in [0.5, 0.6) is 0 Å². The van der Waals surface area contributed by atoms with Crippen LogP contribution >= 0.6 is 0 Å². The van der Waals surface area contributed by atoms with Crippen LogP contribution in [-0.4, -0.2) is 0 Å². The summed E-state index contributed by atoms with van der Waals surface area (Å²) in [4.78, 5) is 0. The number of rotatable bonds is 0. The Morgan fingerprint density at radius 3 is 3.00 bits per heavy atom. The van der Waals surface area contributed by atoms with Gasteiger partial charge in [-0.05, 0) is 6.88 Å². The second-order valence-electron chi connectivity index (χ2n) is 1.05. The molecule has 8 heavy (non-hydrogen) atoms. The van der Waals surface area contributed by atoms with Gasteiger partial charge in [0.25, 0.3) is 0 Å². The molecule has 0 rings (SSSR count). The molecule has 0 aromatic carbocycles. The zero-order valence-electron chi connectivity index (χ0n) is 8.78. The fraction of sp³-hybridized carbons (Fsp3) is 0.500. The topological polar surface area (TPSA) is 0 Å². The molecule has 0 heterocycles. The zero-order valence-corrected chi connectivity index (χ0v) is 4.78. The summed E-state index contributed by atoms with van der Waals surface area (Å²) in [6, 6.07) is 0. The lowest BCUT2D eigenvalue weighted by Gasteiger charge is -1.68. The summed E-state index contributed by atoms with van der Waals surface area (Å²) in [5.41, 5.74) is 0. The smallest absolute Gasteiger partial charge is 0.0702 e. The highest BCUT2D eigenvalue weighted by molar-refractivity contribution is 5.09. The first-order valence-corrected chi connectivity index (χ1v) is 2.35. The molecule has 0 aliphatic rings. The summed E-state index contributed by atoms with van der Waals surface area (Å²) in [5, 5.41) is 0. The maximum Gasteiger partial charge on any atom is 0.0702 e. The molecule has 0 heteroatoms. The maximum atomic E-state index is 7.18. The van der Waals surface area contributed by atoms with Gasteiger partial charge in [-0.3, -0.25) is 0 Å². The first kappa shape index (κ1) is 2.60. The van der Waals surface area contributed by atoms with Crippen LogP contribution in [0.1, 0.15) is 32.1 Å². The Morgan fingerprint density at radius 2 is 2.38 bits per heavy atom. The third-order valence-electron chi connectivity index (χ3n) is 0.462. The first-order valence-electron chi connectivity index (χ1n) is 4.50. The highest BCUT2D eigenvalue weighted by Gasteiger charge is 1.61. The van der Waals surface area contributed by atoms with Crippen molar-refractivity contribution in [3.63, 3.8) is 0 Å². The van der Waals surface area contributed by atoms with Gasteiger partial charge < -0.3 is 0 Å². The standard InChI is InChI=1S/C8H10/c1-3-5-7-8-6-4-2/h3,8H2,1-2H3/i2D2,8D2. The Balaban J connectivity index is 4.35. The van der Waals surface area contributed by atoms with Crippen LogP contribution in [0, 0.1) is 23.7 Å². The lowest BCUT2D eigenvalue weighted by atomic mass is 10.4. The van der Waals surface area contributed by atoms with E-state index in [-0.39, 0.29) is 0 Å². The molecule has 0 nitrogen and oxygen atoms in total. The molecule has 0 aromatic rings. The molecule has 0 unspecified atom stereocenters. The van der Waals surface area contributed by atoms with E-state index < -0.39 is 13.2 Å². The summed E-state index contributed by atoms with van der Waals surface area (Å²) in [6.07, 6.45) is -1.30. The van der Waals surface area contributed by atoms with Gasteiger partial charge in [0, 0.05) is 9.16 Å². The van der Waals surface area contributed by atoms with Crippen LogP contribution in [0.3, 0.4) is 0 Å². The Kier molecular flexibility index (Phi) is 1.99. The van der Waals surface area contributed by atoms with Gasteiger partial charge in [-0.15, -0.1) is 11.8 Å². The zero-order chi connectivity index (χ0) is 9.61. The van der Waals surface area contributed by atoms with Gasteiger partial charge >= 0.3 is 0 Å². The predicted molar refractivity (Wildman–Crippen MR) is 36.1 cm³/mol. The molecule has 0 N–H and O–H groups in total. The Hall–Kier alpha value is -0.880. The molecule has 0 aliphatic heterocycles. The molecule has 0 saturated heterocycles. The lowest BCUT2D eigenvalue weighted by molar-refractivity contribution is 1.27. The van der Waals surface area contributed by atoms with E-state index in [2.05, 4.69) is 23.7 Å². The minimum absolute atomic E-state index is 0.576. The fourth-order valence-corrected chi connectivity index (χ4v) is 0.200. The Labute approximate surface area is 56.9 Å². The maximum absolute atomic E-state index is 7.18. The Bertz CT molecular complexity index is 246. The minimum Gasteiger partial charge on any atom is -0.106 e. The molecule has 0 bridgehead atoms. The third kappa shape index (κ3) is 5.12. The minimum atomic E-state index is -1.88. The van der Waals surface area contributed by atoms with E-state index >= 15 is 0 Å². The van der Waals surface area contributed by atoms with Gasteiger partial charge in [-0.1, -0.05) is 18.8 Å². The van der Waals surface area contributed by atoms with Crippen molar-refractivity contribution in [3.8, 4) is 23.7 Å². The van der Waals surface area contributed by atoms with E-state index in [9.17, 15) is 0 Å². The van der Waals surface area contributed by atoms with Crippen LogP contribution in [-0.2, 0) is 0 Å². The fourth-order valence-electron chi connectivity index (χ4n) is 0.200. The molecular weight excluding hydrogens is 96.1 g/mol. The monoisotopic (exact) mass is 110 g/mol. The summed E-state index contributed by atoms with van der Waals surface area (Å²) in [7, 11) is 0. The highest BCUT2D eigenvalue weighted by Crippen LogP contribution is 1.71. The van der Waals surface area contributed by atoms with Gasteiger partial charge in [0.1, 0.15) is 0 Å². The van der Waals surface area contributed by atoms with E-state index in [1.807, 2.05) is 6.92 Å². The van der Waals surface area contributed by atoms with Crippen molar-refractivity contribution in [3.05, 3.63) is 0 Å². The third-order valence-corrected chi connectivity index (χ3v) is 0.462. The van der Waals surface area contributed by atoms with Crippen molar-refractivity contribution in [2.24, 2.45) is 0 Å². The molecule has 0 amide bonds. The second-order valence-corrected chi connectivity index (χ2v) is 1.05. The molecule has 0 radical (unpaired) electrons. The van der Waals surface area contributed by atoms with Crippen molar-refractivity contribution >= 4 is 0 Å². The molecule has 42 valence electrons. The van der Waals surface area contributed by atoms with Crippen LogP contribution in [0.4, 0.5) is 0 Å². The SMILES string of the molecule is [2H]C([2H])C#CC([2H])([2H])C#CCC. The van der Waals surface area contributed by atoms with Gasteiger partial charge in [-0.2, -0.15) is 0 Å². The normalized spacial score (nSPS) is 15.2. The van der Waals surface area contributed by atoms with Crippen molar-refractivity contribution in [1.82, 2.24) is 0 Å². The average Bonchev–Trinajstić information content (AvgIpc) is 1.98. The first-order chi connectivity index (χ1) is 5.48. The summed E-state index contributed by atoms with van der Waals surface area (Å²) in [5.74, 6) is 9.10. The van der Waals surface area contributed by atoms with Crippen molar-refractivity contribution < 1.29 is 5.48 Å². The van der Waals surface area contributed by atoms with Crippen molar-refractivity contribution in [2.45, 2.75) is 26.6 Å². The van der Waals surface area contributed by atoms with Crippen LogP contribution in [0.25, 0.3) is 0 Å². The molecule has 0 atom stereocenters. The summed E-state index contributed by atoms with van der Waals surface area (Å²) in [6.45, 7) is 0.511. The van der Waals surface area contributed by atoms with Gasteiger partial charge in [0.15, 0.2) is 0 Å². The largest absolute Gasteiger partial charge is 0.106 e. The lowest BCUT2D eigenvalue weighted by Crippen LogP contribution is -1.57. The number of hydrogen-bond donors (Lipinski definition) is 0. The van der Waals surface area contributed by atoms with Gasteiger partial charge in [0.2, 0.25) is 0 Å². The van der Waals surface area contributed by atoms with E-state index in [1.165, 1.54) is 0 Å².